The molecule has 5 heteroatoms. The second-order valence-corrected chi connectivity index (χ2v) is 6.20. The number of nitrogens with zero attached hydrogens (tertiary/aromatic N) is 1. The molecule has 0 saturated carbocycles. The Labute approximate surface area is 119 Å². The highest BCUT2D eigenvalue weighted by Crippen LogP contribution is 2.11. The van der Waals surface area contributed by atoms with E-state index >= 15 is 0 Å². The van der Waals surface area contributed by atoms with E-state index < -0.39 is 0 Å². The van der Waals surface area contributed by atoms with Crippen molar-refractivity contribution in [1.82, 2.24) is 10.3 Å². The number of thiazole rings is 1. The van der Waals surface area contributed by atoms with Crippen LogP contribution in [0.5, 0.6) is 0 Å². The van der Waals surface area contributed by atoms with E-state index in [2.05, 4.69) is 29.5 Å². The maximum atomic E-state index is 11.8. The van der Waals surface area contributed by atoms with Crippen LogP contribution in [0.4, 0.5) is 0 Å². The molecule has 0 bridgehead atoms. The van der Waals surface area contributed by atoms with Gasteiger partial charge in [-0.05, 0) is 32.1 Å². The molecule has 0 aliphatic heterocycles. The fraction of sp³-hybridized carbons (Fsp3) is 0.714. The van der Waals surface area contributed by atoms with Crippen molar-refractivity contribution < 1.29 is 9.90 Å². The number of aromatic nitrogens is 1. The van der Waals surface area contributed by atoms with Crippen molar-refractivity contribution in [2.75, 3.05) is 6.61 Å². The largest absolute Gasteiger partial charge is 0.396 e. The lowest BCUT2D eigenvalue weighted by molar-refractivity contribution is -0.122. The molecule has 0 aliphatic rings. The summed E-state index contributed by atoms with van der Waals surface area (Å²) in [7, 11) is 0. The Bertz CT molecular complexity index is 391. The average molecular weight is 284 g/mol. The highest BCUT2D eigenvalue weighted by Gasteiger charge is 2.15. The first-order valence-electron chi connectivity index (χ1n) is 6.84. The van der Waals surface area contributed by atoms with Crippen LogP contribution in [0.2, 0.25) is 0 Å². The van der Waals surface area contributed by atoms with Gasteiger partial charge in [-0.1, -0.05) is 13.8 Å². The highest BCUT2D eigenvalue weighted by molar-refractivity contribution is 7.09. The summed E-state index contributed by atoms with van der Waals surface area (Å²) in [6.45, 7) is 6.21. The van der Waals surface area contributed by atoms with Gasteiger partial charge in [0.1, 0.15) is 0 Å². The zero-order valence-electron chi connectivity index (χ0n) is 12.0. The molecular weight excluding hydrogens is 260 g/mol. The van der Waals surface area contributed by atoms with Crippen LogP contribution < -0.4 is 5.32 Å². The van der Waals surface area contributed by atoms with E-state index in [1.807, 2.05) is 6.92 Å². The molecule has 2 N–H and O–H groups in total. The van der Waals surface area contributed by atoms with Gasteiger partial charge in [0.15, 0.2) is 0 Å². The third-order valence-electron chi connectivity index (χ3n) is 3.09. The first kappa shape index (κ1) is 16.1. The van der Waals surface area contributed by atoms with Crippen LogP contribution >= 0.6 is 11.3 Å². The summed E-state index contributed by atoms with van der Waals surface area (Å²) in [5.41, 5.74) is 1.08. The Hall–Kier alpha value is -0.940. The molecule has 0 saturated heterocycles. The smallest absolute Gasteiger partial charge is 0.220 e. The number of carbonyl (C=O) groups excluding carboxylic acids is 1. The number of nitrogens with one attached hydrogen (secondary N) is 1. The number of hydrogen-bond donors (Lipinski definition) is 2. The standard InChI is InChI=1S/C14H24N2O2S/c1-10(2)13(7-8-17)16-14(18)6-4-5-12-9-19-11(3)15-12/h9-10,13,17H,4-8H2,1-3H3,(H,16,18). The number of aliphatic hydroxyl groups is 1. The number of aliphatic hydroxyl groups excluding tert-OH is 1. The predicted octanol–water partition coefficient (Wildman–Crippen LogP) is 2.30. The molecule has 1 amide bonds. The van der Waals surface area contributed by atoms with Crippen molar-refractivity contribution in [2.24, 2.45) is 5.92 Å². The molecule has 1 aromatic heterocycles. The van der Waals surface area contributed by atoms with Crippen molar-refractivity contribution in [1.29, 1.82) is 0 Å². The Kier molecular flexibility index (Phi) is 7.02. The Balaban J connectivity index is 2.26. The van der Waals surface area contributed by atoms with Crippen LogP contribution in [-0.4, -0.2) is 28.6 Å². The molecule has 1 atom stereocenters. The van der Waals surface area contributed by atoms with Gasteiger partial charge in [0, 0.05) is 24.4 Å². The van der Waals surface area contributed by atoms with E-state index in [1.54, 1.807) is 11.3 Å². The molecule has 19 heavy (non-hydrogen) atoms. The first-order chi connectivity index (χ1) is 9.02. The summed E-state index contributed by atoms with van der Waals surface area (Å²) >= 11 is 1.64. The average Bonchev–Trinajstić information content (AvgIpc) is 2.74. The Morgan fingerprint density at radius 2 is 2.26 bits per heavy atom. The van der Waals surface area contributed by atoms with Gasteiger partial charge in [-0.15, -0.1) is 11.3 Å². The van der Waals surface area contributed by atoms with Crippen molar-refractivity contribution in [3.63, 3.8) is 0 Å². The lowest BCUT2D eigenvalue weighted by Crippen LogP contribution is -2.39. The van der Waals surface area contributed by atoms with Crippen LogP contribution in [-0.2, 0) is 11.2 Å². The molecule has 0 radical (unpaired) electrons. The number of hydrogen-bond acceptors (Lipinski definition) is 4. The van der Waals surface area contributed by atoms with Crippen LogP contribution in [0.15, 0.2) is 5.38 Å². The maximum Gasteiger partial charge on any atom is 0.220 e. The van der Waals surface area contributed by atoms with Crippen LogP contribution in [0.25, 0.3) is 0 Å². The van der Waals surface area contributed by atoms with Gasteiger partial charge in [-0.25, -0.2) is 4.98 Å². The monoisotopic (exact) mass is 284 g/mol. The first-order valence-corrected chi connectivity index (χ1v) is 7.72. The van der Waals surface area contributed by atoms with Crippen LogP contribution in [0.3, 0.4) is 0 Å². The van der Waals surface area contributed by atoms with Gasteiger partial charge >= 0.3 is 0 Å². The van der Waals surface area contributed by atoms with Gasteiger partial charge in [-0.3, -0.25) is 4.79 Å². The minimum Gasteiger partial charge on any atom is -0.396 e. The topological polar surface area (TPSA) is 62.2 Å². The summed E-state index contributed by atoms with van der Waals surface area (Å²) in [6.07, 6.45) is 2.81. The molecule has 1 rings (SSSR count). The molecule has 1 aromatic rings. The molecule has 0 spiro atoms. The third kappa shape index (κ3) is 6.16. The maximum absolute atomic E-state index is 11.8. The molecular formula is C14H24N2O2S. The van der Waals surface area contributed by atoms with Gasteiger partial charge in [0.25, 0.3) is 0 Å². The number of carbonyl (C=O) groups is 1. The lowest BCUT2D eigenvalue weighted by atomic mass is 10.0. The zero-order valence-corrected chi connectivity index (χ0v) is 12.8. The number of rotatable bonds is 8. The van der Waals surface area contributed by atoms with Crippen molar-refractivity contribution >= 4 is 17.2 Å². The summed E-state index contributed by atoms with van der Waals surface area (Å²) in [6, 6.07) is 0.0685. The molecule has 0 aliphatic carbocycles. The number of amides is 1. The molecule has 4 nitrogen and oxygen atoms in total. The second-order valence-electron chi connectivity index (χ2n) is 5.14. The summed E-state index contributed by atoms with van der Waals surface area (Å²) in [4.78, 5) is 16.2. The Morgan fingerprint density at radius 3 is 2.79 bits per heavy atom. The minimum absolute atomic E-state index is 0.0685. The fourth-order valence-corrected chi connectivity index (χ4v) is 2.59. The molecule has 1 heterocycles. The van der Waals surface area contributed by atoms with Crippen molar-refractivity contribution in [3.05, 3.63) is 16.1 Å². The quantitative estimate of drug-likeness (QED) is 0.770. The van der Waals surface area contributed by atoms with Gasteiger partial charge in [0.2, 0.25) is 5.91 Å². The Morgan fingerprint density at radius 1 is 1.53 bits per heavy atom. The van der Waals surface area contributed by atoms with E-state index in [1.165, 1.54) is 0 Å². The minimum atomic E-state index is 0.0685. The normalized spacial score (nSPS) is 12.7. The summed E-state index contributed by atoms with van der Waals surface area (Å²) < 4.78 is 0. The van der Waals surface area contributed by atoms with Crippen LogP contribution in [0.1, 0.15) is 43.8 Å². The van der Waals surface area contributed by atoms with E-state index in [4.69, 9.17) is 5.11 Å². The third-order valence-corrected chi connectivity index (χ3v) is 3.92. The zero-order chi connectivity index (χ0) is 14.3. The molecule has 0 aromatic carbocycles. The SMILES string of the molecule is Cc1nc(CCCC(=O)NC(CCO)C(C)C)cs1. The predicted molar refractivity (Wildman–Crippen MR) is 78.3 cm³/mol. The highest BCUT2D eigenvalue weighted by atomic mass is 32.1. The van der Waals surface area contributed by atoms with Crippen molar-refractivity contribution in [2.45, 2.75) is 52.5 Å². The molecule has 0 fully saturated rings. The van der Waals surface area contributed by atoms with E-state index in [9.17, 15) is 4.79 Å². The van der Waals surface area contributed by atoms with E-state index in [-0.39, 0.29) is 18.6 Å². The molecule has 1 unspecified atom stereocenters. The van der Waals surface area contributed by atoms with E-state index in [0.717, 1.165) is 23.5 Å². The van der Waals surface area contributed by atoms with Gasteiger partial charge < -0.3 is 10.4 Å². The van der Waals surface area contributed by atoms with Gasteiger partial charge in [0.05, 0.1) is 10.7 Å². The number of aryl methyl sites for hydroxylation is 2. The lowest BCUT2D eigenvalue weighted by Gasteiger charge is -2.21. The second kappa shape index (κ2) is 8.27. The fourth-order valence-electron chi connectivity index (χ4n) is 1.94. The molecule has 108 valence electrons. The van der Waals surface area contributed by atoms with E-state index in [0.29, 0.717) is 18.8 Å². The summed E-state index contributed by atoms with van der Waals surface area (Å²) in [5, 5.41) is 15.1. The van der Waals surface area contributed by atoms with Crippen LogP contribution in [0, 0.1) is 12.8 Å². The van der Waals surface area contributed by atoms with Gasteiger partial charge in [-0.2, -0.15) is 0 Å². The summed E-state index contributed by atoms with van der Waals surface area (Å²) in [5.74, 6) is 0.413. The van der Waals surface area contributed by atoms with Crippen molar-refractivity contribution in [3.8, 4) is 0 Å².